The van der Waals surface area contributed by atoms with Gasteiger partial charge in [-0.15, -0.1) is 0 Å². The monoisotopic (exact) mass is 323 g/mol. The molecule has 0 saturated carbocycles. The second kappa shape index (κ2) is 5.58. The van der Waals surface area contributed by atoms with Gasteiger partial charge in [0.25, 0.3) is 0 Å². The van der Waals surface area contributed by atoms with Gasteiger partial charge in [-0.05, 0) is 42.0 Å². The summed E-state index contributed by atoms with van der Waals surface area (Å²) < 4.78 is 48.8. The first-order chi connectivity index (χ1) is 10.5. The molecule has 0 amide bonds. The fourth-order valence-electron chi connectivity index (χ4n) is 2.34. The average molecular weight is 323 g/mol. The van der Waals surface area contributed by atoms with E-state index in [0.29, 0.717) is 17.1 Å². The molecule has 1 heterocycles. The Morgan fingerprint density at radius 2 is 1.77 bits per heavy atom. The zero-order chi connectivity index (χ0) is 15.7. The van der Waals surface area contributed by atoms with Crippen molar-refractivity contribution in [3.63, 3.8) is 0 Å². The molecule has 1 atom stereocenters. The van der Waals surface area contributed by atoms with E-state index in [0.717, 1.165) is 12.1 Å². The maximum absolute atomic E-state index is 13.0. The second-order valence-electron chi connectivity index (χ2n) is 4.84. The highest BCUT2D eigenvalue weighted by atomic mass is 32.2. The Morgan fingerprint density at radius 1 is 1.09 bits per heavy atom. The van der Waals surface area contributed by atoms with Crippen molar-refractivity contribution in [2.45, 2.75) is 10.1 Å². The molecule has 5 nitrogen and oxygen atoms in total. The Labute approximate surface area is 127 Å². The third-order valence-corrected chi connectivity index (χ3v) is 5.64. The molecule has 1 unspecified atom stereocenters. The van der Waals surface area contributed by atoms with Gasteiger partial charge in [-0.3, -0.25) is 0 Å². The van der Waals surface area contributed by atoms with E-state index < -0.39 is 20.9 Å². The topological polar surface area (TPSA) is 78.6 Å². The zero-order valence-corrected chi connectivity index (χ0v) is 12.3. The predicted octanol–water partition coefficient (Wildman–Crippen LogP) is 2.03. The number of benzene rings is 2. The summed E-state index contributed by atoms with van der Waals surface area (Å²) in [4.78, 5) is 0.0296. The quantitative estimate of drug-likeness (QED) is 0.871. The van der Waals surface area contributed by atoms with E-state index >= 15 is 0 Å². The zero-order valence-electron chi connectivity index (χ0n) is 11.5. The molecule has 2 aromatic rings. The van der Waals surface area contributed by atoms with Crippen LogP contribution < -0.4 is 15.2 Å². The third-order valence-electron chi connectivity index (χ3n) is 3.50. The van der Waals surface area contributed by atoms with Crippen LogP contribution in [0, 0.1) is 5.82 Å². The number of halogens is 1. The van der Waals surface area contributed by atoms with E-state index in [1.54, 1.807) is 18.2 Å². The highest BCUT2D eigenvalue weighted by molar-refractivity contribution is 7.91. The van der Waals surface area contributed by atoms with E-state index in [-0.39, 0.29) is 18.2 Å². The van der Waals surface area contributed by atoms with Crippen molar-refractivity contribution in [2.24, 2.45) is 5.73 Å². The van der Waals surface area contributed by atoms with Crippen LogP contribution >= 0.6 is 0 Å². The standard InChI is InChI=1S/C15H14FNO4S/c16-11-2-4-12(5-3-11)22(18,19)15(8-17)10-1-6-13-14(7-10)21-9-20-13/h1-7,15H,8-9,17H2. The maximum atomic E-state index is 13.0. The summed E-state index contributed by atoms with van der Waals surface area (Å²) in [6.07, 6.45) is 0. The number of nitrogens with two attached hydrogens (primary N) is 1. The van der Waals surface area contributed by atoms with Crippen molar-refractivity contribution >= 4 is 9.84 Å². The van der Waals surface area contributed by atoms with Crippen LogP contribution in [-0.4, -0.2) is 21.8 Å². The first-order valence-electron chi connectivity index (χ1n) is 6.61. The largest absolute Gasteiger partial charge is 0.454 e. The van der Waals surface area contributed by atoms with Gasteiger partial charge in [-0.1, -0.05) is 6.07 Å². The fraction of sp³-hybridized carbons (Fsp3) is 0.200. The molecule has 2 N–H and O–H groups in total. The molecular weight excluding hydrogens is 309 g/mol. The highest BCUT2D eigenvalue weighted by Crippen LogP contribution is 2.37. The summed E-state index contributed by atoms with van der Waals surface area (Å²) in [6.45, 7) is 0.0101. The smallest absolute Gasteiger partial charge is 0.231 e. The van der Waals surface area contributed by atoms with E-state index in [9.17, 15) is 12.8 Å². The molecule has 0 bridgehead atoms. The summed E-state index contributed by atoms with van der Waals surface area (Å²) in [5.41, 5.74) is 6.19. The van der Waals surface area contributed by atoms with Crippen LogP contribution in [0.1, 0.15) is 10.8 Å². The van der Waals surface area contributed by atoms with Gasteiger partial charge in [-0.25, -0.2) is 12.8 Å². The average Bonchev–Trinajstić information content (AvgIpc) is 2.96. The molecule has 116 valence electrons. The number of hydrogen-bond donors (Lipinski definition) is 1. The summed E-state index contributed by atoms with van der Waals surface area (Å²) in [6, 6.07) is 9.61. The minimum absolute atomic E-state index is 0.0296. The lowest BCUT2D eigenvalue weighted by atomic mass is 10.1. The third kappa shape index (κ3) is 2.53. The Bertz CT molecular complexity index is 790. The second-order valence-corrected chi connectivity index (χ2v) is 6.97. The highest BCUT2D eigenvalue weighted by Gasteiger charge is 2.29. The Balaban J connectivity index is 2.01. The predicted molar refractivity (Wildman–Crippen MR) is 77.9 cm³/mol. The SMILES string of the molecule is NCC(c1ccc2c(c1)OCO2)S(=O)(=O)c1ccc(F)cc1. The van der Waals surface area contributed by atoms with E-state index in [1.807, 2.05) is 0 Å². The lowest BCUT2D eigenvalue weighted by molar-refractivity contribution is 0.174. The van der Waals surface area contributed by atoms with E-state index in [4.69, 9.17) is 15.2 Å². The molecule has 1 aliphatic rings. The molecule has 0 aliphatic carbocycles. The maximum Gasteiger partial charge on any atom is 0.231 e. The van der Waals surface area contributed by atoms with Crippen molar-refractivity contribution in [1.29, 1.82) is 0 Å². The molecule has 0 saturated heterocycles. The van der Waals surface area contributed by atoms with Gasteiger partial charge >= 0.3 is 0 Å². The molecule has 0 fully saturated rings. The van der Waals surface area contributed by atoms with Gasteiger partial charge in [-0.2, -0.15) is 0 Å². The number of ether oxygens (including phenoxy) is 2. The Kier molecular flexibility index (Phi) is 3.76. The van der Waals surface area contributed by atoms with Crippen LogP contribution in [0.2, 0.25) is 0 Å². The van der Waals surface area contributed by atoms with Crippen LogP contribution in [0.3, 0.4) is 0 Å². The Morgan fingerprint density at radius 3 is 2.45 bits per heavy atom. The van der Waals surface area contributed by atoms with Gasteiger partial charge < -0.3 is 15.2 Å². The van der Waals surface area contributed by atoms with E-state index in [2.05, 4.69) is 0 Å². The van der Waals surface area contributed by atoms with Gasteiger partial charge in [0.15, 0.2) is 21.3 Å². The summed E-state index contributed by atoms with van der Waals surface area (Å²) >= 11 is 0. The Hall–Kier alpha value is -2.12. The fourth-order valence-corrected chi connectivity index (χ4v) is 3.95. The summed E-state index contributed by atoms with van der Waals surface area (Å²) in [7, 11) is -3.73. The minimum atomic E-state index is -3.73. The molecule has 7 heteroatoms. The molecule has 22 heavy (non-hydrogen) atoms. The first kappa shape index (κ1) is 14.8. The lowest BCUT2D eigenvalue weighted by Crippen LogP contribution is -2.22. The van der Waals surface area contributed by atoms with Crippen molar-refractivity contribution in [2.75, 3.05) is 13.3 Å². The van der Waals surface area contributed by atoms with Gasteiger partial charge in [0, 0.05) is 6.54 Å². The first-order valence-corrected chi connectivity index (χ1v) is 8.16. The van der Waals surface area contributed by atoms with Crippen molar-refractivity contribution in [1.82, 2.24) is 0 Å². The van der Waals surface area contributed by atoms with E-state index in [1.165, 1.54) is 12.1 Å². The van der Waals surface area contributed by atoms with Gasteiger partial charge in [0.05, 0.1) is 4.90 Å². The molecule has 3 rings (SSSR count). The van der Waals surface area contributed by atoms with Crippen LogP contribution in [0.25, 0.3) is 0 Å². The molecular formula is C15H14FNO4S. The summed E-state index contributed by atoms with van der Waals surface area (Å²) in [5, 5.41) is -0.938. The molecule has 0 aromatic heterocycles. The van der Waals surface area contributed by atoms with Gasteiger partial charge in [0.1, 0.15) is 11.1 Å². The normalized spacial score (nSPS) is 14.8. The molecule has 0 radical (unpaired) electrons. The van der Waals surface area contributed by atoms with Crippen molar-refractivity contribution < 1.29 is 22.3 Å². The molecule has 1 aliphatic heterocycles. The van der Waals surface area contributed by atoms with Crippen LogP contribution in [0.15, 0.2) is 47.4 Å². The molecule has 2 aromatic carbocycles. The molecule has 0 spiro atoms. The van der Waals surface area contributed by atoms with Crippen LogP contribution in [-0.2, 0) is 9.84 Å². The number of sulfone groups is 1. The lowest BCUT2D eigenvalue weighted by Gasteiger charge is -2.16. The van der Waals surface area contributed by atoms with Crippen LogP contribution in [0.4, 0.5) is 4.39 Å². The van der Waals surface area contributed by atoms with Crippen molar-refractivity contribution in [3.05, 3.63) is 53.8 Å². The number of rotatable bonds is 4. The minimum Gasteiger partial charge on any atom is -0.454 e. The number of hydrogen-bond acceptors (Lipinski definition) is 5. The summed E-state index contributed by atoms with van der Waals surface area (Å²) in [5.74, 6) is 0.565. The van der Waals surface area contributed by atoms with Crippen LogP contribution in [0.5, 0.6) is 11.5 Å². The van der Waals surface area contributed by atoms with Gasteiger partial charge in [0.2, 0.25) is 6.79 Å². The van der Waals surface area contributed by atoms with Crippen molar-refractivity contribution in [3.8, 4) is 11.5 Å². The number of fused-ring (bicyclic) bond motifs is 1.